The fourth-order valence-electron chi connectivity index (χ4n) is 3.62. The molecule has 1 saturated heterocycles. The van der Waals surface area contributed by atoms with E-state index in [2.05, 4.69) is 5.10 Å². The van der Waals surface area contributed by atoms with Crippen LogP contribution in [0.4, 0.5) is 0 Å². The molecule has 2 atom stereocenters. The van der Waals surface area contributed by atoms with Crippen molar-refractivity contribution in [3.05, 3.63) is 35.0 Å². The minimum absolute atomic E-state index is 0.0501. The molecule has 8 heteroatoms. The summed E-state index contributed by atoms with van der Waals surface area (Å²) in [5.74, 6) is 0.666. The van der Waals surface area contributed by atoms with Crippen LogP contribution < -0.4 is 0 Å². The highest BCUT2D eigenvalue weighted by atomic mass is 32.2. The highest BCUT2D eigenvalue weighted by Crippen LogP contribution is 2.35. The van der Waals surface area contributed by atoms with E-state index in [0.717, 1.165) is 24.2 Å². The zero-order chi connectivity index (χ0) is 18.3. The van der Waals surface area contributed by atoms with Crippen LogP contribution in [0.25, 0.3) is 0 Å². The van der Waals surface area contributed by atoms with E-state index in [0.29, 0.717) is 23.1 Å². The van der Waals surface area contributed by atoms with E-state index in [1.54, 1.807) is 8.99 Å². The number of ether oxygens (including phenoxy) is 1. The SMILES string of the molecule is Cc1ccsc1S(=O)(=O)N1CC[C@@H](OCC2CC2)[C@@H]1Cc1cnn(C)c1. The second kappa shape index (κ2) is 7.07. The molecule has 3 heterocycles. The smallest absolute Gasteiger partial charge is 0.253 e. The predicted octanol–water partition coefficient (Wildman–Crippen LogP) is 2.59. The molecular formula is C18H25N3O3S2. The van der Waals surface area contributed by atoms with Crippen LogP contribution in [0.5, 0.6) is 0 Å². The van der Waals surface area contributed by atoms with E-state index >= 15 is 0 Å². The first-order chi connectivity index (χ1) is 12.4. The second-order valence-corrected chi connectivity index (χ2v) is 10.4. The summed E-state index contributed by atoms with van der Waals surface area (Å²) in [7, 11) is -1.62. The molecule has 0 N–H and O–H groups in total. The largest absolute Gasteiger partial charge is 0.376 e. The first-order valence-electron chi connectivity index (χ1n) is 9.10. The zero-order valence-electron chi connectivity index (χ0n) is 15.2. The van der Waals surface area contributed by atoms with Crippen LogP contribution in [-0.2, 0) is 28.2 Å². The van der Waals surface area contributed by atoms with Gasteiger partial charge in [0.05, 0.1) is 18.3 Å². The molecule has 2 aromatic rings. The molecule has 0 amide bonds. The molecule has 1 aliphatic carbocycles. The van der Waals surface area contributed by atoms with Crippen molar-refractivity contribution < 1.29 is 13.2 Å². The summed E-state index contributed by atoms with van der Waals surface area (Å²) in [6.45, 7) is 3.12. The number of rotatable bonds is 7. The molecule has 0 aromatic carbocycles. The topological polar surface area (TPSA) is 64.4 Å². The number of nitrogens with zero attached hydrogens (tertiary/aromatic N) is 3. The summed E-state index contributed by atoms with van der Waals surface area (Å²) in [5.41, 5.74) is 1.86. The summed E-state index contributed by atoms with van der Waals surface area (Å²) in [4.78, 5) is 0. The van der Waals surface area contributed by atoms with Crippen molar-refractivity contribution >= 4 is 21.4 Å². The molecule has 0 radical (unpaired) electrons. The zero-order valence-corrected chi connectivity index (χ0v) is 16.8. The fraction of sp³-hybridized carbons (Fsp3) is 0.611. The summed E-state index contributed by atoms with van der Waals surface area (Å²) < 4.78 is 36.6. The lowest BCUT2D eigenvalue weighted by Crippen LogP contribution is -2.42. The van der Waals surface area contributed by atoms with Crippen LogP contribution in [-0.4, -0.2) is 47.8 Å². The predicted molar refractivity (Wildman–Crippen MR) is 101 cm³/mol. The minimum Gasteiger partial charge on any atom is -0.376 e. The maximum Gasteiger partial charge on any atom is 0.253 e. The minimum atomic E-state index is -3.50. The standard InChI is InChI=1S/C18H25N3O3S2/c1-13-6-8-25-18(13)26(22,23)21-7-5-17(24-12-14-3-4-14)16(21)9-15-10-19-20(2)11-15/h6,8,10-11,14,16-17H,3-5,7,9,12H2,1-2H3/t16-,17+/m0/s1. The van der Waals surface area contributed by atoms with Crippen molar-refractivity contribution in [2.45, 2.75) is 49.0 Å². The van der Waals surface area contributed by atoms with Gasteiger partial charge in [-0.05, 0) is 61.1 Å². The van der Waals surface area contributed by atoms with Crippen LogP contribution in [0.1, 0.15) is 30.4 Å². The van der Waals surface area contributed by atoms with Gasteiger partial charge in [0.15, 0.2) is 0 Å². The Morgan fingerprint density at radius 1 is 1.35 bits per heavy atom. The second-order valence-electron chi connectivity index (χ2n) is 7.40. The maximum absolute atomic E-state index is 13.3. The van der Waals surface area contributed by atoms with Gasteiger partial charge in [-0.3, -0.25) is 4.68 Å². The van der Waals surface area contributed by atoms with Crippen LogP contribution in [0.2, 0.25) is 0 Å². The number of hydrogen-bond donors (Lipinski definition) is 0. The van der Waals surface area contributed by atoms with Crippen molar-refractivity contribution in [1.82, 2.24) is 14.1 Å². The summed E-state index contributed by atoms with van der Waals surface area (Å²) in [6.07, 6.45) is 7.57. The molecule has 4 rings (SSSR count). The third kappa shape index (κ3) is 3.60. The number of hydrogen-bond acceptors (Lipinski definition) is 5. The number of sulfonamides is 1. The average molecular weight is 396 g/mol. The number of aryl methyl sites for hydroxylation is 2. The molecule has 2 aromatic heterocycles. The van der Waals surface area contributed by atoms with Gasteiger partial charge in [0, 0.05) is 26.4 Å². The quantitative estimate of drug-likeness (QED) is 0.723. The molecule has 6 nitrogen and oxygen atoms in total. The molecule has 1 saturated carbocycles. The molecule has 0 spiro atoms. The monoisotopic (exact) mass is 395 g/mol. The maximum atomic E-state index is 13.3. The van der Waals surface area contributed by atoms with Gasteiger partial charge < -0.3 is 4.74 Å². The highest BCUT2D eigenvalue weighted by molar-refractivity contribution is 7.91. The third-order valence-corrected chi connectivity index (χ3v) is 8.83. The van der Waals surface area contributed by atoms with Crippen molar-refractivity contribution in [3.8, 4) is 0 Å². The third-order valence-electron chi connectivity index (χ3n) is 5.24. The van der Waals surface area contributed by atoms with E-state index in [9.17, 15) is 8.42 Å². The lowest BCUT2D eigenvalue weighted by molar-refractivity contribution is 0.0305. The Labute approximate surface area is 158 Å². The van der Waals surface area contributed by atoms with E-state index in [-0.39, 0.29) is 12.1 Å². The molecule has 0 bridgehead atoms. The van der Waals surface area contributed by atoms with Crippen LogP contribution >= 0.6 is 11.3 Å². The van der Waals surface area contributed by atoms with Crippen molar-refractivity contribution in [3.63, 3.8) is 0 Å². The van der Waals surface area contributed by atoms with Gasteiger partial charge in [-0.15, -0.1) is 11.3 Å². The van der Waals surface area contributed by atoms with E-state index < -0.39 is 10.0 Å². The first kappa shape index (κ1) is 18.2. The van der Waals surface area contributed by atoms with E-state index in [1.165, 1.54) is 24.2 Å². The lowest BCUT2D eigenvalue weighted by atomic mass is 10.1. The molecule has 2 aliphatic rings. The lowest BCUT2D eigenvalue weighted by Gasteiger charge is -2.27. The van der Waals surface area contributed by atoms with Gasteiger partial charge >= 0.3 is 0 Å². The summed E-state index contributed by atoms with van der Waals surface area (Å²) in [5, 5.41) is 6.07. The van der Waals surface area contributed by atoms with Gasteiger partial charge in [0.25, 0.3) is 10.0 Å². The van der Waals surface area contributed by atoms with Crippen LogP contribution in [0, 0.1) is 12.8 Å². The normalized spacial score (nSPS) is 24.4. The van der Waals surface area contributed by atoms with E-state index in [1.807, 2.05) is 37.8 Å². The van der Waals surface area contributed by atoms with Crippen molar-refractivity contribution in [1.29, 1.82) is 0 Å². The fourth-order valence-corrected chi connectivity index (χ4v) is 6.81. The first-order valence-corrected chi connectivity index (χ1v) is 11.4. The Kier molecular flexibility index (Phi) is 4.94. The molecular weight excluding hydrogens is 370 g/mol. The Balaban J connectivity index is 1.59. The number of thiophene rings is 1. The Morgan fingerprint density at radius 2 is 2.15 bits per heavy atom. The molecule has 1 aliphatic heterocycles. The Bertz CT molecular complexity index is 870. The number of aromatic nitrogens is 2. The van der Waals surface area contributed by atoms with Gasteiger partial charge in [-0.25, -0.2) is 8.42 Å². The highest BCUT2D eigenvalue weighted by Gasteiger charge is 2.43. The molecule has 2 fully saturated rings. The van der Waals surface area contributed by atoms with Gasteiger partial charge in [0.1, 0.15) is 4.21 Å². The van der Waals surface area contributed by atoms with E-state index in [4.69, 9.17) is 4.74 Å². The van der Waals surface area contributed by atoms with Gasteiger partial charge in [0.2, 0.25) is 0 Å². The Hall–Kier alpha value is -1.22. The Morgan fingerprint density at radius 3 is 2.77 bits per heavy atom. The van der Waals surface area contributed by atoms with Crippen molar-refractivity contribution in [2.75, 3.05) is 13.2 Å². The van der Waals surface area contributed by atoms with Crippen LogP contribution in [0.15, 0.2) is 28.0 Å². The summed E-state index contributed by atoms with van der Waals surface area (Å²) >= 11 is 1.30. The van der Waals surface area contributed by atoms with Gasteiger partial charge in [-0.2, -0.15) is 9.40 Å². The summed E-state index contributed by atoms with van der Waals surface area (Å²) in [6, 6.07) is 1.69. The van der Waals surface area contributed by atoms with Crippen LogP contribution in [0.3, 0.4) is 0 Å². The molecule has 26 heavy (non-hydrogen) atoms. The molecule has 0 unspecified atom stereocenters. The average Bonchev–Trinajstić information content (AvgIpc) is 2.96. The molecule has 142 valence electrons. The van der Waals surface area contributed by atoms with Crippen molar-refractivity contribution in [2.24, 2.45) is 13.0 Å². The van der Waals surface area contributed by atoms with Gasteiger partial charge in [-0.1, -0.05) is 0 Å².